The molecule has 1 aliphatic heterocycles. The van der Waals surface area contributed by atoms with Gasteiger partial charge in [-0.3, -0.25) is 0 Å². The highest BCUT2D eigenvalue weighted by molar-refractivity contribution is 7.20. The number of ether oxygens (including phenoxy) is 1. The van der Waals surface area contributed by atoms with Crippen molar-refractivity contribution in [3.05, 3.63) is 20.3 Å². The molecule has 96 valence electrons. The third kappa shape index (κ3) is 3.83. The number of hydrogen-bond donors (Lipinski definition) is 1. The molecular formula is C12H17Cl2NOS. The average molecular weight is 294 g/mol. The summed E-state index contributed by atoms with van der Waals surface area (Å²) in [4.78, 5) is 0. The maximum atomic E-state index is 6.14. The Morgan fingerprint density at radius 1 is 1.47 bits per heavy atom. The Hall–Kier alpha value is 0.200. The van der Waals surface area contributed by atoms with Gasteiger partial charge in [0.25, 0.3) is 0 Å². The van der Waals surface area contributed by atoms with E-state index in [0.717, 1.165) is 52.8 Å². The number of hydrogen-bond acceptors (Lipinski definition) is 3. The molecule has 5 heteroatoms. The molecule has 1 atom stereocenters. The molecule has 0 spiro atoms. The van der Waals surface area contributed by atoms with Crippen molar-refractivity contribution < 1.29 is 4.74 Å². The fourth-order valence-corrected chi connectivity index (χ4v) is 3.70. The maximum Gasteiger partial charge on any atom is 0.0991 e. The minimum Gasteiger partial charge on any atom is -0.381 e. The highest BCUT2D eigenvalue weighted by Gasteiger charge is 2.17. The van der Waals surface area contributed by atoms with Gasteiger partial charge in [-0.1, -0.05) is 23.2 Å². The molecule has 1 aromatic rings. The standard InChI is InChI=1S/C12H17Cl2NOS/c1-8(10-6-11(13)17-12(10)14)15-7-9-2-4-16-5-3-9/h6,8-9,15H,2-5,7H2,1H3. The summed E-state index contributed by atoms with van der Waals surface area (Å²) in [6.45, 7) is 4.94. The third-order valence-corrected chi connectivity index (χ3v) is 4.72. The molecular weight excluding hydrogens is 277 g/mol. The van der Waals surface area contributed by atoms with Crippen molar-refractivity contribution >= 4 is 34.5 Å². The zero-order valence-electron chi connectivity index (χ0n) is 9.84. The quantitative estimate of drug-likeness (QED) is 0.901. The summed E-state index contributed by atoms with van der Waals surface area (Å²) in [6.07, 6.45) is 2.30. The van der Waals surface area contributed by atoms with Crippen molar-refractivity contribution in [3.8, 4) is 0 Å². The number of rotatable bonds is 4. The van der Waals surface area contributed by atoms with E-state index in [4.69, 9.17) is 27.9 Å². The molecule has 0 saturated carbocycles. The lowest BCUT2D eigenvalue weighted by Crippen LogP contribution is -2.29. The van der Waals surface area contributed by atoms with Crippen molar-refractivity contribution in [1.29, 1.82) is 0 Å². The van der Waals surface area contributed by atoms with E-state index in [0.29, 0.717) is 0 Å². The smallest absolute Gasteiger partial charge is 0.0991 e. The molecule has 0 aromatic carbocycles. The molecule has 1 N–H and O–H groups in total. The van der Waals surface area contributed by atoms with Crippen molar-refractivity contribution in [3.63, 3.8) is 0 Å². The van der Waals surface area contributed by atoms with Crippen LogP contribution >= 0.6 is 34.5 Å². The lowest BCUT2D eigenvalue weighted by Gasteiger charge is -2.24. The summed E-state index contributed by atoms with van der Waals surface area (Å²) >= 11 is 13.5. The average Bonchev–Trinajstić information content (AvgIpc) is 2.67. The molecule has 2 rings (SSSR count). The van der Waals surface area contributed by atoms with Crippen LogP contribution in [0.2, 0.25) is 8.67 Å². The molecule has 0 amide bonds. The molecule has 1 unspecified atom stereocenters. The largest absolute Gasteiger partial charge is 0.381 e. The predicted molar refractivity (Wildman–Crippen MR) is 74.3 cm³/mol. The fourth-order valence-electron chi connectivity index (χ4n) is 2.05. The first-order valence-electron chi connectivity index (χ1n) is 5.92. The lowest BCUT2D eigenvalue weighted by atomic mass is 10.00. The highest BCUT2D eigenvalue weighted by Crippen LogP contribution is 2.34. The Kier molecular flexibility index (Phi) is 5.12. The Bertz CT molecular complexity index is 363. The maximum absolute atomic E-state index is 6.14. The molecule has 0 radical (unpaired) electrons. The summed E-state index contributed by atoms with van der Waals surface area (Å²) in [5.74, 6) is 0.721. The van der Waals surface area contributed by atoms with Crippen LogP contribution in [0.3, 0.4) is 0 Å². The molecule has 2 nitrogen and oxygen atoms in total. The van der Waals surface area contributed by atoms with E-state index in [1.54, 1.807) is 0 Å². The van der Waals surface area contributed by atoms with E-state index in [2.05, 4.69) is 12.2 Å². The van der Waals surface area contributed by atoms with Gasteiger partial charge in [0.1, 0.15) is 0 Å². The van der Waals surface area contributed by atoms with Crippen molar-refractivity contribution in [2.75, 3.05) is 19.8 Å². The van der Waals surface area contributed by atoms with Gasteiger partial charge in [0.05, 0.1) is 8.67 Å². The number of thiophene rings is 1. The minimum atomic E-state index is 0.258. The third-order valence-electron chi connectivity index (χ3n) is 3.20. The van der Waals surface area contributed by atoms with Gasteiger partial charge in [0.2, 0.25) is 0 Å². The van der Waals surface area contributed by atoms with Crippen molar-refractivity contribution in [2.45, 2.75) is 25.8 Å². The van der Waals surface area contributed by atoms with Crippen LogP contribution in [0.5, 0.6) is 0 Å². The summed E-state index contributed by atoms with van der Waals surface area (Å²) in [5.41, 5.74) is 1.11. The molecule has 1 aromatic heterocycles. The fraction of sp³-hybridized carbons (Fsp3) is 0.667. The van der Waals surface area contributed by atoms with E-state index in [-0.39, 0.29) is 6.04 Å². The van der Waals surface area contributed by atoms with Crippen LogP contribution in [0.15, 0.2) is 6.07 Å². The van der Waals surface area contributed by atoms with E-state index in [1.807, 2.05) is 6.07 Å². The minimum absolute atomic E-state index is 0.258. The molecule has 0 bridgehead atoms. The van der Waals surface area contributed by atoms with Crippen LogP contribution in [0.25, 0.3) is 0 Å². The highest BCUT2D eigenvalue weighted by atomic mass is 35.5. The topological polar surface area (TPSA) is 21.3 Å². The van der Waals surface area contributed by atoms with Gasteiger partial charge in [-0.05, 0) is 43.9 Å². The Morgan fingerprint density at radius 2 is 2.18 bits per heavy atom. The first-order chi connectivity index (χ1) is 8.16. The van der Waals surface area contributed by atoms with Crippen LogP contribution < -0.4 is 5.32 Å². The normalized spacial score (nSPS) is 19.5. The second-order valence-corrected chi connectivity index (χ2v) is 6.75. The predicted octanol–water partition coefficient (Wildman–Crippen LogP) is 4.13. The monoisotopic (exact) mass is 293 g/mol. The van der Waals surface area contributed by atoms with E-state index < -0.39 is 0 Å². The lowest BCUT2D eigenvalue weighted by molar-refractivity contribution is 0.0656. The van der Waals surface area contributed by atoms with Crippen molar-refractivity contribution in [1.82, 2.24) is 5.32 Å². The van der Waals surface area contributed by atoms with Gasteiger partial charge in [-0.25, -0.2) is 0 Å². The molecule has 0 aliphatic carbocycles. The molecule has 17 heavy (non-hydrogen) atoms. The first kappa shape index (κ1) is 13.6. The van der Waals surface area contributed by atoms with Crippen LogP contribution in [-0.4, -0.2) is 19.8 Å². The van der Waals surface area contributed by atoms with Crippen LogP contribution in [0.1, 0.15) is 31.4 Å². The zero-order valence-corrected chi connectivity index (χ0v) is 12.2. The Labute approximate surface area is 116 Å². The number of halogens is 2. The molecule has 1 fully saturated rings. The molecule has 2 heterocycles. The van der Waals surface area contributed by atoms with Crippen LogP contribution in [0.4, 0.5) is 0 Å². The zero-order chi connectivity index (χ0) is 12.3. The SMILES string of the molecule is CC(NCC1CCOCC1)c1cc(Cl)sc1Cl. The molecule has 1 aliphatic rings. The van der Waals surface area contributed by atoms with Gasteiger partial charge in [-0.15, -0.1) is 11.3 Å². The summed E-state index contributed by atoms with van der Waals surface area (Å²) in [6, 6.07) is 2.21. The number of nitrogens with one attached hydrogen (secondary N) is 1. The first-order valence-corrected chi connectivity index (χ1v) is 7.50. The van der Waals surface area contributed by atoms with Gasteiger partial charge in [0.15, 0.2) is 0 Å². The summed E-state index contributed by atoms with van der Waals surface area (Å²) < 4.78 is 6.90. The Balaban J connectivity index is 1.84. The summed E-state index contributed by atoms with van der Waals surface area (Å²) in [5, 5.41) is 3.53. The van der Waals surface area contributed by atoms with Gasteiger partial charge in [0, 0.05) is 19.3 Å². The second kappa shape index (κ2) is 6.39. The van der Waals surface area contributed by atoms with E-state index in [1.165, 1.54) is 11.3 Å². The Morgan fingerprint density at radius 3 is 2.76 bits per heavy atom. The van der Waals surface area contributed by atoms with Gasteiger partial charge in [-0.2, -0.15) is 0 Å². The van der Waals surface area contributed by atoms with Crippen LogP contribution in [0, 0.1) is 5.92 Å². The van der Waals surface area contributed by atoms with Crippen molar-refractivity contribution in [2.24, 2.45) is 5.92 Å². The van der Waals surface area contributed by atoms with E-state index >= 15 is 0 Å². The van der Waals surface area contributed by atoms with Gasteiger partial charge >= 0.3 is 0 Å². The van der Waals surface area contributed by atoms with Crippen LogP contribution in [-0.2, 0) is 4.74 Å². The molecule has 1 saturated heterocycles. The second-order valence-electron chi connectivity index (χ2n) is 4.47. The van der Waals surface area contributed by atoms with E-state index in [9.17, 15) is 0 Å². The summed E-state index contributed by atoms with van der Waals surface area (Å²) in [7, 11) is 0. The van der Waals surface area contributed by atoms with Gasteiger partial charge < -0.3 is 10.1 Å².